The highest BCUT2D eigenvalue weighted by molar-refractivity contribution is 7.18. The van der Waals surface area contributed by atoms with E-state index in [0.717, 1.165) is 43.9 Å². The maximum atomic E-state index is 10.5. The fraction of sp³-hybridized carbons (Fsp3) is 0.926. The summed E-state index contributed by atoms with van der Waals surface area (Å²) in [6.45, 7) is 13.4. The molecule has 178 valence electrons. The van der Waals surface area contributed by atoms with E-state index in [4.69, 9.17) is 0 Å². The second-order valence-corrected chi connectivity index (χ2v) is 11.7. The van der Waals surface area contributed by atoms with Crippen LogP contribution >= 0.6 is 9.24 Å². The first-order chi connectivity index (χ1) is 14.1. The molecular weight excluding hydrogens is 387 g/mol. The molecule has 0 aromatic carbocycles. The summed E-state index contributed by atoms with van der Waals surface area (Å²) in [6.07, 6.45) is 16.1. The van der Waals surface area contributed by atoms with E-state index in [2.05, 4.69) is 49.9 Å². The maximum absolute atomic E-state index is 10.5. The van der Waals surface area contributed by atoms with Crippen LogP contribution in [-0.4, -0.2) is 27.6 Å². The first-order valence-corrected chi connectivity index (χ1v) is 13.6. The van der Waals surface area contributed by atoms with Crippen molar-refractivity contribution < 1.29 is 10.2 Å². The molecule has 1 aliphatic carbocycles. The Morgan fingerprint density at radius 1 is 0.933 bits per heavy atom. The number of aliphatic hydroxyl groups excluding tert-OH is 1. The Bertz CT molecular complexity index is 487. The third-order valence-electron chi connectivity index (χ3n) is 7.80. The van der Waals surface area contributed by atoms with E-state index >= 15 is 0 Å². The van der Waals surface area contributed by atoms with Crippen LogP contribution in [0.3, 0.4) is 0 Å². The van der Waals surface area contributed by atoms with E-state index in [1.54, 1.807) is 0 Å². The lowest BCUT2D eigenvalue weighted by molar-refractivity contribution is 0.0358. The summed E-state index contributed by atoms with van der Waals surface area (Å²) >= 11 is 0. The van der Waals surface area contributed by atoms with Crippen molar-refractivity contribution >= 4 is 9.24 Å². The molecule has 0 aromatic rings. The molecule has 0 bridgehead atoms. The van der Waals surface area contributed by atoms with Gasteiger partial charge in [0, 0.05) is 0 Å². The summed E-state index contributed by atoms with van der Waals surface area (Å²) in [5.41, 5.74) is 1.51. The van der Waals surface area contributed by atoms with Crippen LogP contribution in [0.4, 0.5) is 0 Å². The summed E-state index contributed by atoms with van der Waals surface area (Å²) in [5, 5.41) is 20.8. The summed E-state index contributed by atoms with van der Waals surface area (Å²) in [6, 6.07) is 0. The highest BCUT2D eigenvalue weighted by Gasteiger charge is 2.31. The molecule has 0 heterocycles. The summed E-state index contributed by atoms with van der Waals surface area (Å²) in [7, 11) is 3.02. The second kappa shape index (κ2) is 14.3. The predicted molar refractivity (Wildman–Crippen MR) is 136 cm³/mol. The third-order valence-corrected chi connectivity index (χ3v) is 8.83. The number of allylic oxidation sites excluding steroid dienone is 1. The monoisotopic (exact) mass is 440 g/mol. The van der Waals surface area contributed by atoms with Gasteiger partial charge in [-0.25, -0.2) is 0 Å². The molecule has 0 radical (unpaired) electrons. The van der Waals surface area contributed by atoms with Crippen molar-refractivity contribution in [3.63, 3.8) is 0 Å². The zero-order valence-electron chi connectivity index (χ0n) is 21.0. The van der Waals surface area contributed by atoms with Gasteiger partial charge in [-0.3, -0.25) is 0 Å². The lowest BCUT2D eigenvalue weighted by Crippen LogP contribution is -2.34. The van der Waals surface area contributed by atoms with E-state index in [9.17, 15) is 10.2 Å². The van der Waals surface area contributed by atoms with E-state index < -0.39 is 5.60 Å². The Morgan fingerprint density at radius 2 is 1.50 bits per heavy atom. The van der Waals surface area contributed by atoms with E-state index in [1.165, 1.54) is 50.5 Å². The Kier molecular flexibility index (Phi) is 13.4. The van der Waals surface area contributed by atoms with E-state index in [0.29, 0.717) is 17.5 Å². The van der Waals surface area contributed by atoms with Crippen molar-refractivity contribution in [3.8, 4) is 0 Å². The maximum Gasteiger partial charge on any atom is 0.0752 e. The van der Waals surface area contributed by atoms with Crippen LogP contribution in [0.15, 0.2) is 11.6 Å². The standard InChI is InChI=1S/C27H53O2P/c1-7-8-9-17-27(6,29)18-11-14-20(2)12-10-13-21(3)15-16-24-19-25(28)22(4)23(5)26(24)30/h19-23,25-26,28-29H,7-18,30H2,1-6H3. The molecule has 0 saturated heterocycles. The highest BCUT2D eigenvalue weighted by Crippen LogP contribution is 2.37. The molecule has 3 heteroatoms. The van der Waals surface area contributed by atoms with Gasteiger partial charge in [0.25, 0.3) is 0 Å². The molecule has 0 aromatic heterocycles. The Labute approximate surface area is 190 Å². The van der Waals surface area contributed by atoms with Gasteiger partial charge in [0.15, 0.2) is 0 Å². The summed E-state index contributed by atoms with van der Waals surface area (Å²) < 4.78 is 0. The van der Waals surface area contributed by atoms with Crippen molar-refractivity contribution in [1.29, 1.82) is 0 Å². The molecule has 30 heavy (non-hydrogen) atoms. The smallest absolute Gasteiger partial charge is 0.0752 e. The molecule has 0 aliphatic heterocycles. The van der Waals surface area contributed by atoms with E-state index in [1.807, 2.05) is 6.92 Å². The number of hydrogen-bond donors (Lipinski definition) is 2. The minimum Gasteiger partial charge on any atom is -0.390 e. The lowest BCUT2D eigenvalue weighted by Gasteiger charge is -2.36. The van der Waals surface area contributed by atoms with Gasteiger partial charge in [-0.2, -0.15) is 0 Å². The number of unbranched alkanes of at least 4 members (excludes halogenated alkanes) is 2. The predicted octanol–water partition coefficient (Wildman–Crippen LogP) is 7.53. The molecule has 2 nitrogen and oxygen atoms in total. The zero-order valence-corrected chi connectivity index (χ0v) is 22.2. The molecule has 0 saturated carbocycles. The van der Waals surface area contributed by atoms with Gasteiger partial charge in [-0.05, 0) is 61.9 Å². The van der Waals surface area contributed by atoms with Gasteiger partial charge in [0.1, 0.15) is 0 Å². The van der Waals surface area contributed by atoms with Crippen LogP contribution in [0.1, 0.15) is 119 Å². The fourth-order valence-electron chi connectivity index (χ4n) is 4.94. The third kappa shape index (κ3) is 10.6. The van der Waals surface area contributed by atoms with Crippen molar-refractivity contribution in [3.05, 3.63) is 11.6 Å². The minimum atomic E-state index is -0.463. The summed E-state index contributed by atoms with van der Waals surface area (Å²) in [4.78, 5) is 0. The normalized spacial score (nSPS) is 28.6. The van der Waals surface area contributed by atoms with Crippen LogP contribution in [-0.2, 0) is 0 Å². The number of rotatable bonds is 15. The van der Waals surface area contributed by atoms with Crippen molar-refractivity contribution in [2.24, 2.45) is 23.7 Å². The van der Waals surface area contributed by atoms with Crippen LogP contribution in [0.5, 0.6) is 0 Å². The molecule has 1 aliphatic rings. The van der Waals surface area contributed by atoms with Crippen molar-refractivity contribution in [2.75, 3.05) is 0 Å². The molecule has 1 rings (SSSR count). The van der Waals surface area contributed by atoms with Crippen LogP contribution in [0.25, 0.3) is 0 Å². The molecule has 8 unspecified atom stereocenters. The fourth-order valence-corrected chi connectivity index (χ4v) is 5.56. The van der Waals surface area contributed by atoms with Crippen LogP contribution < -0.4 is 0 Å². The second-order valence-electron chi connectivity index (χ2n) is 11.0. The summed E-state index contributed by atoms with van der Waals surface area (Å²) in [5.74, 6) is 2.41. The van der Waals surface area contributed by atoms with Gasteiger partial charge in [0.05, 0.1) is 11.7 Å². The Hall–Kier alpha value is 0.0900. The lowest BCUT2D eigenvalue weighted by atomic mass is 9.78. The topological polar surface area (TPSA) is 40.5 Å². The Balaban J connectivity index is 2.19. The molecular formula is C27H53O2P. The molecule has 0 amide bonds. The van der Waals surface area contributed by atoms with E-state index in [-0.39, 0.29) is 6.10 Å². The highest BCUT2D eigenvalue weighted by atomic mass is 31.0. The molecule has 8 atom stereocenters. The van der Waals surface area contributed by atoms with Crippen molar-refractivity contribution in [1.82, 2.24) is 0 Å². The zero-order chi connectivity index (χ0) is 22.7. The van der Waals surface area contributed by atoms with Gasteiger partial charge in [0.2, 0.25) is 0 Å². The minimum absolute atomic E-state index is 0.268. The first-order valence-electron chi connectivity index (χ1n) is 12.9. The largest absolute Gasteiger partial charge is 0.390 e. The van der Waals surface area contributed by atoms with Gasteiger partial charge in [-0.1, -0.05) is 97.6 Å². The molecule has 0 spiro atoms. The average molecular weight is 441 g/mol. The quantitative estimate of drug-likeness (QED) is 0.157. The average Bonchev–Trinajstić information content (AvgIpc) is 2.68. The number of hydrogen-bond acceptors (Lipinski definition) is 2. The Morgan fingerprint density at radius 3 is 2.13 bits per heavy atom. The SMILES string of the molecule is CCCCCC(C)(O)CCCC(C)CCCC(C)CCC1=CC(O)C(C)C(C)C1P. The van der Waals surface area contributed by atoms with Crippen LogP contribution in [0.2, 0.25) is 0 Å². The van der Waals surface area contributed by atoms with Crippen molar-refractivity contribution in [2.45, 2.75) is 136 Å². The van der Waals surface area contributed by atoms with Gasteiger partial charge in [-0.15, -0.1) is 9.24 Å². The van der Waals surface area contributed by atoms with Gasteiger partial charge < -0.3 is 10.2 Å². The number of aliphatic hydroxyl groups is 2. The first kappa shape index (κ1) is 28.1. The van der Waals surface area contributed by atoms with Crippen LogP contribution in [0, 0.1) is 23.7 Å². The molecule has 0 fully saturated rings. The molecule has 2 N–H and O–H groups in total. The van der Waals surface area contributed by atoms with Gasteiger partial charge >= 0.3 is 0 Å².